The number of imidazole rings is 1. The van der Waals surface area contributed by atoms with Gasteiger partial charge in [0.25, 0.3) is 0 Å². The molecule has 0 saturated carbocycles. The highest BCUT2D eigenvalue weighted by Crippen LogP contribution is 2.21. The van der Waals surface area contributed by atoms with Crippen LogP contribution in [0.15, 0.2) is 18.5 Å². The molecule has 0 radical (unpaired) electrons. The third-order valence-electron chi connectivity index (χ3n) is 4.04. The smallest absolute Gasteiger partial charge is 0.0961 e. The normalized spacial score (nSPS) is 14.8. The molecule has 104 valence electrons. The zero-order valence-corrected chi connectivity index (χ0v) is 12.7. The van der Waals surface area contributed by atoms with Gasteiger partial charge in [0.2, 0.25) is 0 Å². The van der Waals surface area contributed by atoms with Gasteiger partial charge in [0, 0.05) is 18.6 Å². The molecule has 0 aliphatic heterocycles. The van der Waals surface area contributed by atoms with Crippen molar-refractivity contribution in [1.82, 2.24) is 14.9 Å². The van der Waals surface area contributed by atoms with Crippen LogP contribution in [0.25, 0.3) is 11.0 Å². The van der Waals surface area contributed by atoms with Crippen LogP contribution in [0.1, 0.15) is 44.4 Å². The topological polar surface area (TPSA) is 29.9 Å². The number of nitrogens with zero attached hydrogens (tertiary/aromatic N) is 2. The van der Waals surface area contributed by atoms with Crippen molar-refractivity contribution in [3.05, 3.63) is 29.6 Å². The van der Waals surface area contributed by atoms with Crippen molar-refractivity contribution in [2.45, 2.75) is 53.1 Å². The van der Waals surface area contributed by atoms with Gasteiger partial charge in [-0.1, -0.05) is 6.92 Å². The lowest BCUT2D eigenvalue weighted by Crippen LogP contribution is -2.30. The molecule has 2 atom stereocenters. The van der Waals surface area contributed by atoms with Gasteiger partial charge in [-0.3, -0.25) is 0 Å². The Bertz CT molecular complexity index is 556. The zero-order chi connectivity index (χ0) is 14.0. The second-order valence-corrected chi connectivity index (χ2v) is 5.64. The molecule has 0 fully saturated rings. The first-order valence-corrected chi connectivity index (χ1v) is 7.20. The van der Waals surface area contributed by atoms with Crippen LogP contribution in [-0.4, -0.2) is 22.1 Å². The van der Waals surface area contributed by atoms with Gasteiger partial charge >= 0.3 is 0 Å². The lowest BCUT2D eigenvalue weighted by atomic mass is 10.1. The van der Waals surface area contributed by atoms with Crippen molar-refractivity contribution in [1.29, 1.82) is 0 Å². The summed E-state index contributed by atoms with van der Waals surface area (Å²) in [6.07, 6.45) is 3.13. The third-order valence-corrected chi connectivity index (χ3v) is 4.04. The van der Waals surface area contributed by atoms with Crippen LogP contribution >= 0.6 is 0 Å². The lowest BCUT2D eigenvalue weighted by Gasteiger charge is -2.18. The van der Waals surface area contributed by atoms with E-state index >= 15 is 0 Å². The van der Waals surface area contributed by atoms with E-state index in [0.717, 1.165) is 18.5 Å². The number of aryl methyl sites for hydroxylation is 2. The van der Waals surface area contributed by atoms with Gasteiger partial charge in [-0.2, -0.15) is 0 Å². The lowest BCUT2D eigenvalue weighted by molar-refractivity contribution is 0.451. The van der Waals surface area contributed by atoms with Gasteiger partial charge in [-0.05, 0) is 57.4 Å². The van der Waals surface area contributed by atoms with Gasteiger partial charge < -0.3 is 9.88 Å². The predicted octanol–water partition coefficient (Wildman–Crippen LogP) is 3.60. The summed E-state index contributed by atoms with van der Waals surface area (Å²) in [5, 5.41) is 3.56. The number of aromatic nitrogens is 2. The van der Waals surface area contributed by atoms with E-state index in [1.165, 1.54) is 16.6 Å². The molecule has 0 saturated heterocycles. The Morgan fingerprint density at radius 3 is 2.58 bits per heavy atom. The van der Waals surface area contributed by atoms with Crippen LogP contribution in [0.2, 0.25) is 0 Å². The van der Waals surface area contributed by atoms with E-state index in [-0.39, 0.29) is 0 Å². The van der Waals surface area contributed by atoms with Gasteiger partial charge in [0.05, 0.1) is 17.4 Å². The molecule has 1 heterocycles. The summed E-state index contributed by atoms with van der Waals surface area (Å²) in [5.41, 5.74) is 4.97. The van der Waals surface area contributed by atoms with E-state index in [1.54, 1.807) is 0 Å². The first kappa shape index (κ1) is 14.1. The van der Waals surface area contributed by atoms with Crippen LogP contribution in [0.4, 0.5) is 0 Å². The van der Waals surface area contributed by atoms with Crippen LogP contribution in [0, 0.1) is 13.8 Å². The minimum Gasteiger partial charge on any atom is -0.326 e. The maximum atomic E-state index is 4.52. The zero-order valence-electron chi connectivity index (χ0n) is 12.7. The molecule has 0 amide bonds. The fraction of sp³-hybridized carbons (Fsp3) is 0.562. The fourth-order valence-electron chi connectivity index (χ4n) is 2.25. The highest BCUT2D eigenvalue weighted by atomic mass is 15.1. The first-order valence-electron chi connectivity index (χ1n) is 7.20. The molecule has 0 spiro atoms. The maximum absolute atomic E-state index is 4.52. The molecule has 2 rings (SSSR count). The van der Waals surface area contributed by atoms with Crippen molar-refractivity contribution >= 4 is 11.0 Å². The molecule has 0 aliphatic rings. The molecule has 3 heteroatoms. The Hall–Kier alpha value is -1.35. The van der Waals surface area contributed by atoms with Gasteiger partial charge in [-0.15, -0.1) is 0 Å². The molecule has 1 N–H and O–H groups in total. The summed E-state index contributed by atoms with van der Waals surface area (Å²) >= 11 is 0. The Morgan fingerprint density at radius 1 is 1.21 bits per heavy atom. The minimum absolute atomic E-state index is 0.418. The number of rotatable bonds is 5. The van der Waals surface area contributed by atoms with E-state index in [9.17, 15) is 0 Å². The van der Waals surface area contributed by atoms with Gasteiger partial charge in [-0.25, -0.2) is 4.98 Å². The number of hydrogen-bond acceptors (Lipinski definition) is 2. The van der Waals surface area contributed by atoms with E-state index in [1.807, 2.05) is 6.33 Å². The van der Waals surface area contributed by atoms with Crippen LogP contribution in [-0.2, 0) is 0 Å². The highest BCUT2D eigenvalue weighted by Gasteiger charge is 2.11. The monoisotopic (exact) mass is 259 g/mol. The van der Waals surface area contributed by atoms with E-state index in [0.29, 0.717) is 12.1 Å². The summed E-state index contributed by atoms with van der Waals surface area (Å²) in [4.78, 5) is 4.52. The molecule has 2 unspecified atom stereocenters. The van der Waals surface area contributed by atoms with Crippen molar-refractivity contribution in [2.24, 2.45) is 0 Å². The molecule has 1 aromatic carbocycles. The fourth-order valence-corrected chi connectivity index (χ4v) is 2.25. The molecular formula is C16H25N3. The second kappa shape index (κ2) is 5.74. The third kappa shape index (κ3) is 2.98. The Kier molecular flexibility index (Phi) is 4.25. The standard InChI is InChI=1S/C16H25N3/c1-6-13(4)17-9-14(5)19-10-18-15-7-11(2)12(3)8-16(15)19/h7-8,10,13-14,17H,6,9H2,1-5H3. The SMILES string of the molecule is CCC(C)NCC(C)n1cnc2cc(C)c(C)cc21. The Labute approximate surface area is 116 Å². The van der Waals surface area contributed by atoms with Crippen LogP contribution in [0.5, 0.6) is 0 Å². The maximum Gasteiger partial charge on any atom is 0.0961 e. The summed E-state index contributed by atoms with van der Waals surface area (Å²) in [7, 11) is 0. The summed E-state index contributed by atoms with van der Waals surface area (Å²) in [6.45, 7) is 12.0. The van der Waals surface area contributed by atoms with Crippen molar-refractivity contribution in [3.8, 4) is 0 Å². The number of nitrogens with one attached hydrogen (secondary N) is 1. The van der Waals surface area contributed by atoms with Crippen molar-refractivity contribution in [3.63, 3.8) is 0 Å². The largest absolute Gasteiger partial charge is 0.326 e. The molecule has 1 aromatic heterocycles. The summed E-state index contributed by atoms with van der Waals surface area (Å²) in [5.74, 6) is 0. The van der Waals surface area contributed by atoms with E-state index in [4.69, 9.17) is 0 Å². The second-order valence-electron chi connectivity index (χ2n) is 5.64. The van der Waals surface area contributed by atoms with Gasteiger partial charge in [0.1, 0.15) is 0 Å². The molecule has 0 aliphatic carbocycles. The van der Waals surface area contributed by atoms with Crippen molar-refractivity contribution < 1.29 is 0 Å². The van der Waals surface area contributed by atoms with E-state index < -0.39 is 0 Å². The number of hydrogen-bond donors (Lipinski definition) is 1. The molecule has 19 heavy (non-hydrogen) atoms. The molecule has 3 nitrogen and oxygen atoms in total. The van der Waals surface area contributed by atoms with Gasteiger partial charge in [0.15, 0.2) is 0 Å². The average molecular weight is 259 g/mol. The molecule has 2 aromatic rings. The minimum atomic E-state index is 0.418. The quantitative estimate of drug-likeness (QED) is 0.889. The highest BCUT2D eigenvalue weighted by molar-refractivity contribution is 5.77. The molecule has 0 bridgehead atoms. The Balaban J connectivity index is 2.22. The van der Waals surface area contributed by atoms with Crippen LogP contribution in [0.3, 0.4) is 0 Å². The Morgan fingerprint density at radius 2 is 1.89 bits per heavy atom. The average Bonchev–Trinajstić information content (AvgIpc) is 2.79. The number of fused-ring (bicyclic) bond motifs is 1. The summed E-state index contributed by atoms with van der Waals surface area (Å²) < 4.78 is 2.27. The first-order chi connectivity index (χ1) is 9.02. The summed E-state index contributed by atoms with van der Waals surface area (Å²) in [6, 6.07) is 5.41. The van der Waals surface area contributed by atoms with E-state index in [2.05, 4.69) is 61.6 Å². The van der Waals surface area contributed by atoms with Crippen LogP contribution < -0.4 is 5.32 Å². The van der Waals surface area contributed by atoms with Crippen molar-refractivity contribution in [2.75, 3.05) is 6.54 Å². The molecular weight excluding hydrogens is 234 g/mol. The predicted molar refractivity (Wildman–Crippen MR) is 81.7 cm³/mol. The number of benzene rings is 1.